The standard InChI is InChI=1S/C14H11ClN2O/c15-14(11-7-5-10(9-18)6-8-11)16-12-3-1-2-4-13(12)17-14/h1-9,16-17H. The van der Waals surface area contributed by atoms with E-state index in [0.29, 0.717) is 5.56 Å². The van der Waals surface area contributed by atoms with Crippen molar-refractivity contribution in [2.24, 2.45) is 0 Å². The molecule has 0 aromatic heterocycles. The molecule has 0 unspecified atom stereocenters. The lowest BCUT2D eigenvalue weighted by Crippen LogP contribution is -2.32. The van der Waals surface area contributed by atoms with Crippen molar-refractivity contribution in [1.82, 2.24) is 0 Å². The molecule has 4 heteroatoms. The molecule has 0 atom stereocenters. The molecular weight excluding hydrogens is 248 g/mol. The van der Waals surface area contributed by atoms with E-state index in [-0.39, 0.29) is 0 Å². The van der Waals surface area contributed by atoms with Crippen molar-refractivity contribution in [1.29, 1.82) is 0 Å². The van der Waals surface area contributed by atoms with Crippen LogP contribution in [0.3, 0.4) is 0 Å². The largest absolute Gasteiger partial charge is 0.345 e. The number of rotatable bonds is 2. The van der Waals surface area contributed by atoms with Crippen LogP contribution in [-0.4, -0.2) is 6.29 Å². The van der Waals surface area contributed by atoms with E-state index in [1.54, 1.807) is 12.1 Å². The van der Waals surface area contributed by atoms with Gasteiger partial charge in [-0.15, -0.1) is 0 Å². The number of hydrogen-bond donors (Lipinski definition) is 2. The molecule has 2 aromatic carbocycles. The van der Waals surface area contributed by atoms with Crippen LogP contribution in [0, 0.1) is 0 Å². The summed E-state index contributed by atoms with van der Waals surface area (Å²) >= 11 is 6.55. The van der Waals surface area contributed by atoms with Gasteiger partial charge in [0.25, 0.3) is 0 Å². The molecule has 0 bridgehead atoms. The summed E-state index contributed by atoms with van der Waals surface area (Å²) in [5.74, 6) is 0. The fourth-order valence-electron chi connectivity index (χ4n) is 2.04. The zero-order chi connectivity index (χ0) is 12.6. The smallest absolute Gasteiger partial charge is 0.213 e. The molecule has 0 fully saturated rings. The summed E-state index contributed by atoms with van der Waals surface area (Å²) < 4.78 is 0. The van der Waals surface area contributed by atoms with Crippen LogP contribution in [0.15, 0.2) is 48.5 Å². The molecule has 1 aliphatic heterocycles. The SMILES string of the molecule is O=Cc1ccc(C2(Cl)Nc3ccccc3N2)cc1. The molecule has 0 saturated heterocycles. The highest BCUT2D eigenvalue weighted by Gasteiger charge is 2.35. The normalized spacial score (nSPS) is 15.4. The number of carbonyl (C=O) groups excluding carboxylic acids is 1. The summed E-state index contributed by atoms with van der Waals surface area (Å²) in [5.41, 5.74) is 3.43. The second kappa shape index (κ2) is 4.03. The zero-order valence-corrected chi connectivity index (χ0v) is 10.2. The van der Waals surface area contributed by atoms with Crippen LogP contribution >= 0.6 is 11.6 Å². The Hall–Kier alpha value is -2.00. The molecule has 0 radical (unpaired) electrons. The van der Waals surface area contributed by atoms with E-state index in [4.69, 9.17) is 11.6 Å². The average molecular weight is 259 g/mol. The lowest BCUT2D eigenvalue weighted by Gasteiger charge is -2.23. The summed E-state index contributed by atoms with van der Waals surface area (Å²) in [6.07, 6.45) is 0.814. The summed E-state index contributed by atoms with van der Waals surface area (Å²) in [4.78, 5) is 10.6. The van der Waals surface area contributed by atoms with Crippen LogP contribution in [0.5, 0.6) is 0 Å². The molecule has 90 valence electrons. The van der Waals surface area contributed by atoms with Crippen LogP contribution < -0.4 is 10.6 Å². The molecule has 0 aliphatic carbocycles. The molecule has 3 rings (SSSR count). The minimum Gasteiger partial charge on any atom is -0.345 e. The van der Waals surface area contributed by atoms with Gasteiger partial charge in [-0.25, -0.2) is 0 Å². The van der Waals surface area contributed by atoms with Crippen molar-refractivity contribution in [3.63, 3.8) is 0 Å². The average Bonchev–Trinajstić information content (AvgIpc) is 2.76. The van der Waals surface area contributed by atoms with Gasteiger partial charge in [-0.3, -0.25) is 4.79 Å². The van der Waals surface area contributed by atoms with E-state index in [2.05, 4.69) is 10.6 Å². The van der Waals surface area contributed by atoms with Crippen molar-refractivity contribution in [2.75, 3.05) is 10.6 Å². The van der Waals surface area contributed by atoms with E-state index in [9.17, 15) is 4.79 Å². The molecule has 0 amide bonds. The van der Waals surface area contributed by atoms with Gasteiger partial charge in [0.2, 0.25) is 5.12 Å². The maximum Gasteiger partial charge on any atom is 0.213 e. The fraction of sp³-hybridized carbons (Fsp3) is 0.0714. The Bertz CT molecular complexity index is 570. The molecule has 1 aliphatic rings. The quantitative estimate of drug-likeness (QED) is 0.493. The highest BCUT2D eigenvalue weighted by Crippen LogP contribution is 2.41. The number of alkyl halides is 1. The molecular formula is C14H11ClN2O. The minimum absolute atomic E-state index is 0.634. The summed E-state index contributed by atoms with van der Waals surface area (Å²) in [6, 6.07) is 15.0. The fourth-order valence-corrected chi connectivity index (χ4v) is 2.37. The zero-order valence-electron chi connectivity index (χ0n) is 9.48. The number of halogens is 1. The molecule has 2 N–H and O–H groups in total. The predicted molar refractivity (Wildman–Crippen MR) is 73.0 cm³/mol. The Labute approximate surface area is 110 Å². The van der Waals surface area contributed by atoms with Crippen LogP contribution in [0.2, 0.25) is 0 Å². The Balaban J connectivity index is 1.95. The highest BCUT2D eigenvalue weighted by atomic mass is 35.5. The van der Waals surface area contributed by atoms with Crippen LogP contribution in [0.25, 0.3) is 0 Å². The Morgan fingerprint density at radius 1 is 0.944 bits per heavy atom. The van der Waals surface area contributed by atoms with Gasteiger partial charge >= 0.3 is 0 Å². The van der Waals surface area contributed by atoms with Crippen molar-refractivity contribution >= 4 is 29.3 Å². The minimum atomic E-state index is -0.856. The molecule has 18 heavy (non-hydrogen) atoms. The maximum absolute atomic E-state index is 10.6. The first-order valence-electron chi connectivity index (χ1n) is 5.61. The third-order valence-corrected chi connectivity index (χ3v) is 3.39. The number of aldehydes is 1. The first-order valence-corrected chi connectivity index (χ1v) is 5.99. The third kappa shape index (κ3) is 1.73. The number of fused-ring (bicyclic) bond motifs is 1. The van der Waals surface area contributed by atoms with Crippen LogP contribution in [0.1, 0.15) is 15.9 Å². The molecule has 3 nitrogen and oxygen atoms in total. The second-order valence-electron chi connectivity index (χ2n) is 4.19. The van der Waals surface area contributed by atoms with Crippen LogP contribution in [0.4, 0.5) is 11.4 Å². The van der Waals surface area contributed by atoms with E-state index in [1.807, 2.05) is 36.4 Å². The number of carbonyl (C=O) groups is 1. The Morgan fingerprint density at radius 2 is 1.50 bits per heavy atom. The summed E-state index contributed by atoms with van der Waals surface area (Å²) in [5, 5.41) is 5.61. The molecule has 0 spiro atoms. The lowest BCUT2D eigenvalue weighted by molar-refractivity contribution is 0.112. The number of para-hydroxylation sites is 2. The van der Waals surface area contributed by atoms with Gasteiger partial charge in [0.15, 0.2) is 0 Å². The van der Waals surface area contributed by atoms with Gasteiger partial charge in [0, 0.05) is 11.1 Å². The highest BCUT2D eigenvalue weighted by molar-refractivity contribution is 6.27. The molecule has 2 aromatic rings. The van der Waals surface area contributed by atoms with E-state index in [0.717, 1.165) is 23.2 Å². The van der Waals surface area contributed by atoms with E-state index in [1.165, 1.54) is 0 Å². The van der Waals surface area contributed by atoms with Gasteiger partial charge < -0.3 is 10.6 Å². The lowest BCUT2D eigenvalue weighted by atomic mass is 10.1. The van der Waals surface area contributed by atoms with Gasteiger partial charge in [-0.1, -0.05) is 48.0 Å². The first-order chi connectivity index (χ1) is 8.71. The van der Waals surface area contributed by atoms with Gasteiger partial charge in [0.05, 0.1) is 11.4 Å². The van der Waals surface area contributed by atoms with E-state index < -0.39 is 5.12 Å². The van der Waals surface area contributed by atoms with Crippen molar-refractivity contribution in [3.8, 4) is 0 Å². The second-order valence-corrected chi connectivity index (χ2v) is 4.76. The number of hydrogen-bond acceptors (Lipinski definition) is 3. The third-order valence-electron chi connectivity index (χ3n) is 2.99. The van der Waals surface area contributed by atoms with Crippen LogP contribution in [-0.2, 0) is 5.12 Å². The predicted octanol–water partition coefficient (Wildman–Crippen LogP) is 3.39. The van der Waals surface area contributed by atoms with Crippen molar-refractivity contribution in [3.05, 3.63) is 59.7 Å². The Morgan fingerprint density at radius 3 is 2.00 bits per heavy atom. The van der Waals surface area contributed by atoms with E-state index >= 15 is 0 Å². The molecule has 0 saturated carbocycles. The first kappa shape index (κ1) is 11.1. The number of nitrogens with one attached hydrogen (secondary N) is 2. The monoisotopic (exact) mass is 258 g/mol. The van der Waals surface area contributed by atoms with Gasteiger partial charge in [-0.2, -0.15) is 0 Å². The molecule has 1 heterocycles. The Kier molecular flexibility index (Phi) is 2.49. The van der Waals surface area contributed by atoms with Crippen molar-refractivity contribution < 1.29 is 4.79 Å². The van der Waals surface area contributed by atoms with Gasteiger partial charge in [-0.05, 0) is 12.1 Å². The van der Waals surface area contributed by atoms with Crippen molar-refractivity contribution in [2.45, 2.75) is 5.12 Å². The summed E-state index contributed by atoms with van der Waals surface area (Å²) in [6.45, 7) is 0. The number of benzene rings is 2. The maximum atomic E-state index is 10.6. The number of anilines is 2. The topological polar surface area (TPSA) is 41.1 Å². The van der Waals surface area contributed by atoms with Gasteiger partial charge in [0.1, 0.15) is 6.29 Å². The summed E-state index contributed by atoms with van der Waals surface area (Å²) in [7, 11) is 0.